The van der Waals surface area contributed by atoms with Gasteiger partial charge in [0.15, 0.2) is 0 Å². The van der Waals surface area contributed by atoms with E-state index in [1.54, 1.807) is 0 Å². The minimum Gasteiger partial charge on any atom is -0.444 e. The topological polar surface area (TPSA) is 41.6 Å². The number of carbonyl (C=O) groups is 1. The average molecular weight is 409 g/mol. The summed E-state index contributed by atoms with van der Waals surface area (Å²) in [5, 5.41) is 3.06. The van der Waals surface area contributed by atoms with E-state index in [-0.39, 0.29) is 12.1 Å². The van der Waals surface area contributed by atoms with Crippen LogP contribution < -0.4 is 10.2 Å². The summed E-state index contributed by atoms with van der Waals surface area (Å²) in [5.74, 6) is 0.545. The van der Waals surface area contributed by atoms with Gasteiger partial charge in [-0.1, -0.05) is 22.9 Å². The number of carbonyl (C=O) groups excluding carboxylic acids is 1. The van der Waals surface area contributed by atoms with Gasteiger partial charge in [0.1, 0.15) is 5.60 Å². The largest absolute Gasteiger partial charge is 0.444 e. The molecule has 2 unspecified atom stereocenters. The molecule has 1 heterocycles. The van der Waals surface area contributed by atoms with E-state index in [4.69, 9.17) is 4.74 Å². The fourth-order valence-electron chi connectivity index (χ4n) is 4.19. The maximum atomic E-state index is 12.0. The van der Waals surface area contributed by atoms with Crippen molar-refractivity contribution in [3.8, 4) is 0 Å². The Bertz CT molecular complexity index is 641. The molecule has 1 saturated carbocycles. The zero-order valence-corrected chi connectivity index (χ0v) is 17.2. The molecule has 0 radical (unpaired) electrons. The molecule has 0 saturated heterocycles. The van der Waals surface area contributed by atoms with Crippen molar-refractivity contribution in [3.05, 3.63) is 28.2 Å². The minimum atomic E-state index is -0.444. The first-order valence-corrected chi connectivity index (χ1v) is 10.1. The van der Waals surface area contributed by atoms with Crippen LogP contribution >= 0.6 is 15.9 Å². The van der Waals surface area contributed by atoms with Crippen LogP contribution in [0.15, 0.2) is 22.7 Å². The van der Waals surface area contributed by atoms with Crippen molar-refractivity contribution >= 4 is 27.7 Å². The number of alkyl carbamates (subject to hydrolysis) is 1. The van der Waals surface area contributed by atoms with Gasteiger partial charge in [-0.25, -0.2) is 4.79 Å². The Balaban J connectivity index is 1.59. The zero-order chi connectivity index (χ0) is 18.2. The van der Waals surface area contributed by atoms with E-state index in [1.807, 2.05) is 20.8 Å². The fraction of sp³-hybridized carbons (Fsp3) is 0.650. The van der Waals surface area contributed by atoms with E-state index in [2.05, 4.69) is 51.3 Å². The first-order chi connectivity index (χ1) is 11.7. The van der Waals surface area contributed by atoms with E-state index in [0.717, 1.165) is 36.7 Å². The van der Waals surface area contributed by atoms with E-state index in [0.29, 0.717) is 12.0 Å². The molecule has 0 bridgehead atoms. The molecule has 25 heavy (non-hydrogen) atoms. The summed E-state index contributed by atoms with van der Waals surface area (Å²) in [4.78, 5) is 14.6. The van der Waals surface area contributed by atoms with Crippen LogP contribution in [0.2, 0.25) is 0 Å². The summed E-state index contributed by atoms with van der Waals surface area (Å²) in [6, 6.07) is 7.39. The maximum absolute atomic E-state index is 12.0. The molecule has 4 nitrogen and oxygen atoms in total. The van der Waals surface area contributed by atoms with Gasteiger partial charge in [-0.3, -0.25) is 0 Å². The highest BCUT2D eigenvalue weighted by Gasteiger charge is 2.35. The molecule has 138 valence electrons. The predicted octanol–water partition coefficient (Wildman–Crippen LogP) is 4.89. The number of rotatable bonds is 2. The standard InChI is InChI=1S/C20H29BrN2O2/c1-13-11-16(22-19(24)25-20(2,3)4)6-8-17(13)23-10-9-14-12-15(21)5-7-18(14)23/h5,7,12-13,16-17H,6,8-11H2,1-4H3,(H,22,24)/t13-,16?,17?/m1/s1. The molecule has 1 aromatic rings. The number of fused-ring (bicyclic) bond motifs is 1. The van der Waals surface area contributed by atoms with Gasteiger partial charge in [0, 0.05) is 28.8 Å². The van der Waals surface area contributed by atoms with Gasteiger partial charge in [-0.15, -0.1) is 0 Å². The molecular weight excluding hydrogens is 380 g/mol. The van der Waals surface area contributed by atoms with Crippen LogP contribution in [0.1, 0.15) is 52.5 Å². The summed E-state index contributed by atoms with van der Waals surface area (Å²) in [6.45, 7) is 9.11. The number of nitrogens with zero attached hydrogens (tertiary/aromatic N) is 1. The molecule has 1 amide bonds. The van der Waals surface area contributed by atoms with E-state index < -0.39 is 5.60 Å². The van der Waals surface area contributed by atoms with Crippen molar-refractivity contribution in [1.29, 1.82) is 0 Å². The van der Waals surface area contributed by atoms with Gasteiger partial charge in [-0.05, 0) is 76.1 Å². The van der Waals surface area contributed by atoms with Crippen LogP contribution in [0.4, 0.5) is 10.5 Å². The fourth-order valence-corrected chi connectivity index (χ4v) is 4.60. The highest BCUT2D eigenvalue weighted by atomic mass is 79.9. The molecule has 3 rings (SSSR count). The summed E-state index contributed by atoms with van der Waals surface area (Å²) in [5.41, 5.74) is 2.38. The predicted molar refractivity (Wildman–Crippen MR) is 105 cm³/mol. The lowest BCUT2D eigenvalue weighted by Gasteiger charge is -2.41. The third-order valence-corrected chi connectivity index (χ3v) is 5.71. The quantitative estimate of drug-likeness (QED) is 0.756. The second-order valence-electron chi connectivity index (χ2n) is 8.42. The van der Waals surface area contributed by atoms with Crippen molar-refractivity contribution in [2.75, 3.05) is 11.4 Å². The minimum absolute atomic E-state index is 0.216. The molecule has 1 aliphatic heterocycles. The van der Waals surface area contributed by atoms with Crippen LogP contribution in [-0.4, -0.2) is 30.3 Å². The van der Waals surface area contributed by atoms with Gasteiger partial charge < -0.3 is 15.0 Å². The van der Waals surface area contributed by atoms with Gasteiger partial charge in [-0.2, -0.15) is 0 Å². The monoisotopic (exact) mass is 408 g/mol. The number of benzene rings is 1. The Kier molecular flexibility index (Phi) is 5.33. The summed E-state index contributed by atoms with van der Waals surface area (Å²) in [7, 11) is 0. The van der Waals surface area contributed by atoms with Crippen LogP contribution in [-0.2, 0) is 11.2 Å². The van der Waals surface area contributed by atoms with Gasteiger partial charge in [0.2, 0.25) is 0 Å². The first-order valence-electron chi connectivity index (χ1n) is 9.27. The normalized spacial score (nSPS) is 26.3. The third-order valence-electron chi connectivity index (χ3n) is 5.22. The molecule has 5 heteroatoms. The van der Waals surface area contributed by atoms with Gasteiger partial charge >= 0.3 is 6.09 Å². The van der Waals surface area contributed by atoms with E-state index >= 15 is 0 Å². The van der Waals surface area contributed by atoms with Crippen molar-refractivity contribution in [3.63, 3.8) is 0 Å². The second-order valence-corrected chi connectivity index (χ2v) is 9.33. The number of ether oxygens (including phenoxy) is 1. The van der Waals surface area contributed by atoms with E-state index in [9.17, 15) is 4.79 Å². The molecule has 2 aliphatic rings. The molecule has 1 fully saturated rings. The number of anilines is 1. The zero-order valence-electron chi connectivity index (χ0n) is 15.6. The maximum Gasteiger partial charge on any atom is 0.407 e. The van der Waals surface area contributed by atoms with Crippen LogP contribution in [0, 0.1) is 5.92 Å². The molecular formula is C20H29BrN2O2. The Morgan fingerprint density at radius 2 is 2.08 bits per heavy atom. The number of amides is 1. The molecule has 3 atom stereocenters. The van der Waals surface area contributed by atoms with Crippen LogP contribution in [0.5, 0.6) is 0 Å². The molecule has 0 aromatic heterocycles. The Morgan fingerprint density at radius 3 is 2.76 bits per heavy atom. The number of hydrogen-bond donors (Lipinski definition) is 1. The van der Waals surface area contributed by atoms with Crippen molar-refractivity contribution < 1.29 is 9.53 Å². The SMILES string of the molecule is C[C@@H]1CC(NC(=O)OC(C)(C)C)CCC1N1CCc2cc(Br)ccc21. The number of nitrogens with one attached hydrogen (secondary N) is 1. The smallest absolute Gasteiger partial charge is 0.407 e. The molecule has 1 aliphatic carbocycles. The summed E-state index contributed by atoms with van der Waals surface area (Å²) in [6.07, 6.45) is 3.96. The third kappa shape index (κ3) is 4.49. The lowest BCUT2D eigenvalue weighted by atomic mass is 9.82. The van der Waals surface area contributed by atoms with Crippen molar-refractivity contribution in [1.82, 2.24) is 5.32 Å². The average Bonchev–Trinajstić information content (AvgIpc) is 2.88. The second kappa shape index (κ2) is 7.18. The number of hydrogen-bond acceptors (Lipinski definition) is 3. The summed E-state index contributed by atoms with van der Waals surface area (Å²) >= 11 is 3.57. The molecule has 0 spiro atoms. The lowest BCUT2D eigenvalue weighted by Crippen LogP contribution is -2.48. The highest BCUT2D eigenvalue weighted by molar-refractivity contribution is 9.10. The highest BCUT2D eigenvalue weighted by Crippen LogP contribution is 2.37. The Morgan fingerprint density at radius 1 is 1.32 bits per heavy atom. The van der Waals surface area contributed by atoms with Gasteiger partial charge in [0.25, 0.3) is 0 Å². The number of halogens is 1. The van der Waals surface area contributed by atoms with E-state index in [1.165, 1.54) is 11.3 Å². The van der Waals surface area contributed by atoms with Gasteiger partial charge in [0.05, 0.1) is 0 Å². The van der Waals surface area contributed by atoms with Crippen LogP contribution in [0.25, 0.3) is 0 Å². The first kappa shape index (κ1) is 18.6. The summed E-state index contributed by atoms with van der Waals surface area (Å²) < 4.78 is 6.55. The van der Waals surface area contributed by atoms with Crippen molar-refractivity contribution in [2.45, 2.75) is 71.1 Å². The van der Waals surface area contributed by atoms with Crippen LogP contribution in [0.3, 0.4) is 0 Å². The Labute approximate surface area is 159 Å². The Hall–Kier alpha value is -1.23. The lowest BCUT2D eigenvalue weighted by molar-refractivity contribution is 0.0482. The van der Waals surface area contributed by atoms with Crippen molar-refractivity contribution in [2.24, 2.45) is 5.92 Å². The molecule has 1 N–H and O–H groups in total. The molecule has 1 aromatic carbocycles.